The standard InChI is InChI=1S/C18H22FN3O2/c1-2-22-16(7-10-20-22)18(23)21-11-8-14(13-21)9-12-24-17-6-4-3-5-15(17)19/h3-7,10,14H,2,8-9,11-13H2,1H3. The Morgan fingerprint density at radius 3 is 3.00 bits per heavy atom. The zero-order chi connectivity index (χ0) is 16.9. The zero-order valence-corrected chi connectivity index (χ0v) is 13.8. The molecule has 2 heterocycles. The largest absolute Gasteiger partial charge is 0.491 e. The Balaban J connectivity index is 1.49. The number of halogens is 1. The molecule has 2 aromatic rings. The van der Waals surface area contributed by atoms with E-state index in [0.29, 0.717) is 31.3 Å². The number of para-hydroxylation sites is 1. The molecular formula is C18H22FN3O2. The smallest absolute Gasteiger partial charge is 0.272 e. The van der Waals surface area contributed by atoms with Gasteiger partial charge < -0.3 is 9.64 Å². The third-order valence-corrected chi connectivity index (χ3v) is 4.43. The van der Waals surface area contributed by atoms with Crippen LogP contribution in [0.5, 0.6) is 5.75 Å². The SMILES string of the molecule is CCn1nccc1C(=O)N1CCC(CCOc2ccccc2F)C1. The van der Waals surface area contributed by atoms with Gasteiger partial charge in [0, 0.05) is 25.8 Å². The minimum atomic E-state index is -0.339. The van der Waals surface area contributed by atoms with Crippen LogP contribution in [0.4, 0.5) is 4.39 Å². The van der Waals surface area contributed by atoms with E-state index in [1.54, 1.807) is 35.1 Å². The molecular weight excluding hydrogens is 309 g/mol. The molecule has 1 aliphatic rings. The molecule has 1 aliphatic heterocycles. The topological polar surface area (TPSA) is 47.4 Å². The number of ether oxygens (including phenoxy) is 1. The lowest BCUT2D eigenvalue weighted by Gasteiger charge is -2.17. The van der Waals surface area contributed by atoms with Crippen molar-refractivity contribution in [1.29, 1.82) is 0 Å². The Morgan fingerprint density at radius 1 is 1.38 bits per heavy atom. The van der Waals surface area contributed by atoms with E-state index >= 15 is 0 Å². The number of hydrogen-bond donors (Lipinski definition) is 0. The average molecular weight is 331 g/mol. The lowest BCUT2D eigenvalue weighted by atomic mass is 10.1. The van der Waals surface area contributed by atoms with Gasteiger partial charge in [-0.1, -0.05) is 12.1 Å². The van der Waals surface area contributed by atoms with Gasteiger partial charge in [-0.2, -0.15) is 5.10 Å². The molecule has 0 aliphatic carbocycles. The summed E-state index contributed by atoms with van der Waals surface area (Å²) in [6, 6.07) is 8.18. The second-order valence-electron chi connectivity index (χ2n) is 6.01. The predicted molar refractivity (Wildman–Crippen MR) is 88.4 cm³/mol. The number of aryl methyl sites for hydroxylation is 1. The molecule has 5 nitrogen and oxygen atoms in total. The summed E-state index contributed by atoms with van der Waals surface area (Å²) in [5.74, 6) is 0.370. The molecule has 0 spiro atoms. The van der Waals surface area contributed by atoms with Crippen LogP contribution in [0.25, 0.3) is 0 Å². The van der Waals surface area contributed by atoms with E-state index in [4.69, 9.17) is 4.74 Å². The van der Waals surface area contributed by atoms with E-state index in [1.807, 2.05) is 11.8 Å². The van der Waals surface area contributed by atoms with Crippen molar-refractivity contribution in [3.05, 3.63) is 48.0 Å². The van der Waals surface area contributed by atoms with Gasteiger partial charge in [0.2, 0.25) is 0 Å². The minimum absolute atomic E-state index is 0.0341. The maximum absolute atomic E-state index is 13.5. The highest BCUT2D eigenvalue weighted by Crippen LogP contribution is 2.23. The van der Waals surface area contributed by atoms with E-state index in [1.165, 1.54) is 6.07 Å². The van der Waals surface area contributed by atoms with Crippen molar-refractivity contribution in [2.45, 2.75) is 26.3 Å². The van der Waals surface area contributed by atoms with Gasteiger partial charge in [-0.05, 0) is 43.9 Å². The van der Waals surface area contributed by atoms with Crippen molar-refractivity contribution in [3.8, 4) is 5.75 Å². The highest BCUT2D eigenvalue weighted by atomic mass is 19.1. The fraction of sp³-hybridized carbons (Fsp3) is 0.444. The summed E-state index contributed by atoms with van der Waals surface area (Å²) < 4.78 is 20.7. The Labute approximate surface area is 141 Å². The number of likely N-dealkylation sites (tertiary alicyclic amines) is 1. The lowest BCUT2D eigenvalue weighted by molar-refractivity contribution is 0.0773. The Kier molecular flexibility index (Phi) is 5.13. The first-order valence-electron chi connectivity index (χ1n) is 8.37. The first kappa shape index (κ1) is 16.5. The van der Waals surface area contributed by atoms with E-state index in [-0.39, 0.29) is 17.5 Å². The molecule has 0 bridgehead atoms. The van der Waals surface area contributed by atoms with Crippen LogP contribution < -0.4 is 4.74 Å². The zero-order valence-electron chi connectivity index (χ0n) is 13.8. The van der Waals surface area contributed by atoms with Crippen LogP contribution >= 0.6 is 0 Å². The van der Waals surface area contributed by atoms with Crippen molar-refractivity contribution in [2.75, 3.05) is 19.7 Å². The van der Waals surface area contributed by atoms with Gasteiger partial charge in [-0.25, -0.2) is 4.39 Å². The van der Waals surface area contributed by atoms with Crippen molar-refractivity contribution >= 4 is 5.91 Å². The van der Waals surface area contributed by atoms with Gasteiger partial charge in [0.15, 0.2) is 11.6 Å². The van der Waals surface area contributed by atoms with Gasteiger partial charge in [-0.3, -0.25) is 9.48 Å². The van der Waals surface area contributed by atoms with E-state index in [2.05, 4.69) is 5.10 Å². The quantitative estimate of drug-likeness (QED) is 0.817. The molecule has 0 N–H and O–H groups in total. The fourth-order valence-electron chi connectivity index (χ4n) is 3.08. The summed E-state index contributed by atoms with van der Waals surface area (Å²) >= 11 is 0. The van der Waals surface area contributed by atoms with E-state index in [9.17, 15) is 9.18 Å². The average Bonchev–Trinajstić information content (AvgIpc) is 3.25. The Morgan fingerprint density at radius 2 is 2.21 bits per heavy atom. The van der Waals surface area contributed by atoms with Crippen molar-refractivity contribution in [3.63, 3.8) is 0 Å². The van der Waals surface area contributed by atoms with Crippen molar-refractivity contribution < 1.29 is 13.9 Å². The van der Waals surface area contributed by atoms with Gasteiger partial charge in [-0.15, -0.1) is 0 Å². The molecule has 1 saturated heterocycles. The maximum atomic E-state index is 13.5. The van der Waals surface area contributed by atoms with Crippen LogP contribution in [0.2, 0.25) is 0 Å². The molecule has 1 aromatic heterocycles. The van der Waals surface area contributed by atoms with Crippen LogP contribution in [0.3, 0.4) is 0 Å². The van der Waals surface area contributed by atoms with Crippen molar-refractivity contribution in [2.24, 2.45) is 5.92 Å². The molecule has 1 aromatic carbocycles. The molecule has 6 heteroatoms. The summed E-state index contributed by atoms with van der Waals surface area (Å²) in [6.07, 6.45) is 3.42. The van der Waals surface area contributed by atoms with Crippen LogP contribution in [0, 0.1) is 11.7 Å². The van der Waals surface area contributed by atoms with E-state index in [0.717, 1.165) is 19.4 Å². The van der Waals surface area contributed by atoms with Gasteiger partial charge in [0.05, 0.1) is 6.61 Å². The third kappa shape index (κ3) is 3.58. The predicted octanol–water partition coefficient (Wildman–Crippen LogP) is 2.97. The number of carbonyl (C=O) groups is 1. The number of hydrogen-bond acceptors (Lipinski definition) is 3. The Hall–Kier alpha value is -2.37. The summed E-state index contributed by atoms with van der Waals surface area (Å²) in [7, 11) is 0. The number of nitrogens with zero attached hydrogens (tertiary/aromatic N) is 3. The molecule has 0 saturated carbocycles. The highest BCUT2D eigenvalue weighted by Gasteiger charge is 2.28. The molecule has 0 radical (unpaired) electrons. The number of amides is 1. The van der Waals surface area contributed by atoms with Crippen LogP contribution in [0.1, 0.15) is 30.3 Å². The monoisotopic (exact) mass is 331 g/mol. The van der Waals surface area contributed by atoms with Crippen molar-refractivity contribution in [1.82, 2.24) is 14.7 Å². The summed E-state index contributed by atoms with van der Waals surface area (Å²) in [5.41, 5.74) is 0.640. The molecule has 1 unspecified atom stereocenters. The van der Waals surface area contributed by atoms with Crippen LogP contribution in [-0.4, -0.2) is 40.3 Å². The first-order valence-corrected chi connectivity index (χ1v) is 8.37. The molecule has 24 heavy (non-hydrogen) atoms. The molecule has 1 atom stereocenters. The second kappa shape index (κ2) is 7.47. The van der Waals surface area contributed by atoms with Gasteiger partial charge in [0.25, 0.3) is 5.91 Å². The number of carbonyl (C=O) groups excluding carboxylic acids is 1. The van der Waals surface area contributed by atoms with Gasteiger partial charge >= 0.3 is 0 Å². The molecule has 1 fully saturated rings. The fourth-order valence-corrected chi connectivity index (χ4v) is 3.08. The van der Waals surface area contributed by atoms with Crippen LogP contribution in [-0.2, 0) is 6.54 Å². The lowest BCUT2D eigenvalue weighted by Crippen LogP contribution is -2.30. The maximum Gasteiger partial charge on any atom is 0.272 e. The summed E-state index contributed by atoms with van der Waals surface area (Å²) in [5, 5.41) is 4.15. The van der Waals surface area contributed by atoms with Crippen LogP contribution in [0.15, 0.2) is 36.5 Å². The minimum Gasteiger partial charge on any atom is -0.491 e. The summed E-state index contributed by atoms with van der Waals surface area (Å²) in [4.78, 5) is 14.4. The molecule has 128 valence electrons. The summed E-state index contributed by atoms with van der Waals surface area (Å²) in [6.45, 7) is 4.57. The first-order chi connectivity index (χ1) is 11.7. The Bertz CT molecular complexity index is 701. The molecule has 3 rings (SSSR count). The third-order valence-electron chi connectivity index (χ3n) is 4.43. The number of rotatable bonds is 6. The van der Waals surface area contributed by atoms with Gasteiger partial charge in [0.1, 0.15) is 5.69 Å². The number of aromatic nitrogens is 2. The number of benzene rings is 1. The highest BCUT2D eigenvalue weighted by molar-refractivity contribution is 5.92. The second-order valence-corrected chi connectivity index (χ2v) is 6.01. The molecule has 1 amide bonds. The normalized spacial score (nSPS) is 17.2. The van der Waals surface area contributed by atoms with E-state index < -0.39 is 0 Å².